The van der Waals surface area contributed by atoms with Crippen LogP contribution in [0.4, 0.5) is 0 Å². The Balaban J connectivity index is 1.53. The summed E-state index contributed by atoms with van der Waals surface area (Å²) in [5, 5.41) is 0. The molecule has 1 aliphatic heterocycles. The highest BCUT2D eigenvalue weighted by molar-refractivity contribution is 5.70. The van der Waals surface area contributed by atoms with E-state index in [0.29, 0.717) is 38.2 Å². The van der Waals surface area contributed by atoms with E-state index in [2.05, 4.69) is 13.8 Å². The van der Waals surface area contributed by atoms with Crippen LogP contribution in [0.3, 0.4) is 0 Å². The first kappa shape index (κ1) is 20.2. The van der Waals surface area contributed by atoms with E-state index in [0.717, 1.165) is 38.0 Å². The molecule has 0 aromatic rings. The highest BCUT2D eigenvalue weighted by Gasteiger charge is 2.27. The Bertz CT molecular complexity index is 436. The number of rotatable bonds is 7. The largest absolute Gasteiger partial charge is 0.462 e. The van der Waals surface area contributed by atoms with Crippen LogP contribution in [-0.4, -0.2) is 36.9 Å². The quantitative estimate of drug-likeness (QED) is 0.510. The lowest BCUT2D eigenvalue weighted by molar-refractivity contribution is -0.156. The second-order valence-electron chi connectivity index (χ2n) is 7.90. The average molecular weight is 354 g/mol. The number of ether oxygens (including phenoxy) is 3. The van der Waals surface area contributed by atoms with Crippen molar-refractivity contribution in [2.75, 3.05) is 6.61 Å². The third-order valence-electron chi connectivity index (χ3n) is 5.60. The third kappa shape index (κ3) is 7.35. The van der Waals surface area contributed by atoms with Gasteiger partial charge >= 0.3 is 11.9 Å². The van der Waals surface area contributed by atoms with Crippen LogP contribution in [0.15, 0.2) is 0 Å². The van der Waals surface area contributed by atoms with Crippen molar-refractivity contribution in [3.63, 3.8) is 0 Å². The number of hydrogen-bond acceptors (Lipinski definition) is 5. The normalized spacial score (nSPS) is 32.8. The lowest BCUT2D eigenvalue weighted by Crippen LogP contribution is -2.30. The molecule has 5 nitrogen and oxygen atoms in total. The predicted octanol–water partition coefficient (Wildman–Crippen LogP) is 4.03. The summed E-state index contributed by atoms with van der Waals surface area (Å²) >= 11 is 0. The Hall–Kier alpha value is -1.10. The van der Waals surface area contributed by atoms with E-state index >= 15 is 0 Å². The maximum absolute atomic E-state index is 11.9. The minimum atomic E-state index is -0.164. The summed E-state index contributed by atoms with van der Waals surface area (Å²) in [5.41, 5.74) is 0. The molecule has 1 heterocycles. The van der Waals surface area contributed by atoms with Gasteiger partial charge in [0.1, 0.15) is 12.2 Å². The Morgan fingerprint density at radius 3 is 2.00 bits per heavy atom. The summed E-state index contributed by atoms with van der Waals surface area (Å²) in [7, 11) is 0. The molecule has 1 saturated carbocycles. The van der Waals surface area contributed by atoms with E-state index < -0.39 is 0 Å². The number of unbranched alkanes of at least 4 members (excludes halogenated alkanes) is 1. The van der Waals surface area contributed by atoms with Crippen LogP contribution in [-0.2, 0) is 23.8 Å². The van der Waals surface area contributed by atoms with Gasteiger partial charge in [0.2, 0.25) is 0 Å². The Morgan fingerprint density at radius 1 is 0.840 bits per heavy atom. The summed E-state index contributed by atoms with van der Waals surface area (Å²) in [6.07, 6.45) is 6.98. The second kappa shape index (κ2) is 10.1. The van der Waals surface area contributed by atoms with Gasteiger partial charge in [-0.3, -0.25) is 9.59 Å². The molecule has 0 spiro atoms. The fourth-order valence-corrected chi connectivity index (χ4v) is 3.70. The van der Waals surface area contributed by atoms with E-state index in [1.807, 2.05) is 6.92 Å². The molecular weight excluding hydrogens is 320 g/mol. The molecule has 2 rings (SSSR count). The molecule has 1 aliphatic carbocycles. The SMILES string of the molecule is CC1CC(OC(=O)CCCCC(=O)OC2CCC(C)C(C)C2)CCO1. The fraction of sp³-hybridized carbons (Fsp3) is 0.900. The van der Waals surface area contributed by atoms with Crippen LogP contribution in [0.5, 0.6) is 0 Å². The average Bonchev–Trinajstić information content (AvgIpc) is 2.55. The van der Waals surface area contributed by atoms with E-state index in [1.165, 1.54) is 0 Å². The van der Waals surface area contributed by atoms with Gasteiger partial charge in [0.15, 0.2) is 0 Å². The van der Waals surface area contributed by atoms with Gasteiger partial charge in [-0.1, -0.05) is 13.8 Å². The summed E-state index contributed by atoms with van der Waals surface area (Å²) in [5.74, 6) is 1.05. The first-order valence-electron chi connectivity index (χ1n) is 9.94. The summed E-state index contributed by atoms with van der Waals surface area (Å²) in [6, 6.07) is 0. The van der Waals surface area contributed by atoms with Gasteiger partial charge in [-0.25, -0.2) is 0 Å². The maximum atomic E-state index is 11.9. The van der Waals surface area contributed by atoms with Crippen LogP contribution in [0.25, 0.3) is 0 Å². The number of carbonyl (C=O) groups excluding carboxylic acids is 2. The van der Waals surface area contributed by atoms with E-state index in [9.17, 15) is 9.59 Å². The van der Waals surface area contributed by atoms with Crippen molar-refractivity contribution < 1.29 is 23.8 Å². The van der Waals surface area contributed by atoms with Gasteiger partial charge in [0.05, 0.1) is 12.7 Å². The van der Waals surface area contributed by atoms with Crippen molar-refractivity contribution in [3.05, 3.63) is 0 Å². The zero-order valence-electron chi connectivity index (χ0n) is 16.0. The molecule has 0 aromatic carbocycles. The zero-order valence-corrected chi connectivity index (χ0v) is 16.0. The Labute approximate surface area is 151 Å². The van der Waals surface area contributed by atoms with Crippen molar-refractivity contribution in [3.8, 4) is 0 Å². The molecule has 144 valence electrons. The van der Waals surface area contributed by atoms with Crippen molar-refractivity contribution in [1.29, 1.82) is 0 Å². The molecule has 1 saturated heterocycles. The molecule has 0 bridgehead atoms. The lowest BCUT2D eigenvalue weighted by atomic mass is 9.80. The molecular formula is C20H34O5. The maximum Gasteiger partial charge on any atom is 0.306 e. The molecule has 2 aliphatic rings. The van der Waals surface area contributed by atoms with Crippen LogP contribution in [0.1, 0.15) is 78.6 Å². The predicted molar refractivity (Wildman–Crippen MR) is 95.1 cm³/mol. The van der Waals surface area contributed by atoms with Crippen LogP contribution in [0, 0.1) is 11.8 Å². The van der Waals surface area contributed by atoms with Crippen LogP contribution >= 0.6 is 0 Å². The second-order valence-corrected chi connectivity index (χ2v) is 7.90. The summed E-state index contributed by atoms with van der Waals surface area (Å²) < 4.78 is 16.5. The van der Waals surface area contributed by atoms with Crippen molar-refractivity contribution in [1.82, 2.24) is 0 Å². The molecule has 2 fully saturated rings. The van der Waals surface area contributed by atoms with Gasteiger partial charge < -0.3 is 14.2 Å². The van der Waals surface area contributed by atoms with Gasteiger partial charge in [-0.05, 0) is 50.9 Å². The van der Waals surface area contributed by atoms with E-state index in [-0.39, 0.29) is 30.3 Å². The van der Waals surface area contributed by atoms with Crippen LogP contribution < -0.4 is 0 Å². The van der Waals surface area contributed by atoms with Gasteiger partial charge in [0, 0.05) is 25.7 Å². The lowest BCUT2D eigenvalue weighted by Gasteiger charge is -2.31. The van der Waals surface area contributed by atoms with Crippen LogP contribution in [0.2, 0.25) is 0 Å². The molecule has 0 N–H and O–H groups in total. The minimum Gasteiger partial charge on any atom is -0.462 e. The standard InChI is InChI=1S/C20H34O5/c1-14-8-9-17(12-15(14)2)24-19(21)6-4-5-7-20(22)25-18-10-11-23-16(3)13-18/h14-18H,4-13H2,1-3H3. The fourth-order valence-electron chi connectivity index (χ4n) is 3.70. The number of hydrogen-bond donors (Lipinski definition) is 0. The van der Waals surface area contributed by atoms with Gasteiger partial charge in [-0.2, -0.15) is 0 Å². The van der Waals surface area contributed by atoms with E-state index in [4.69, 9.17) is 14.2 Å². The topological polar surface area (TPSA) is 61.8 Å². The highest BCUT2D eigenvalue weighted by Crippen LogP contribution is 2.31. The first-order chi connectivity index (χ1) is 11.9. The Kier molecular flexibility index (Phi) is 8.20. The van der Waals surface area contributed by atoms with Gasteiger partial charge in [0.25, 0.3) is 0 Å². The number of carbonyl (C=O) groups is 2. The smallest absolute Gasteiger partial charge is 0.306 e. The van der Waals surface area contributed by atoms with Crippen molar-refractivity contribution in [2.24, 2.45) is 11.8 Å². The van der Waals surface area contributed by atoms with Crippen molar-refractivity contribution in [2.45, 2.75) is 96.9 Å². The molecule has 5 heteroatoms. The zero-order chi connectivity index (χ0) is 18.2. The van der Waals surface area contributed by atoms with E-state index in [1.54, 1.807) is 0 Å². The summed E-state index contributed by atoms with van der Waals surface area (Å²) in [6.45, 7) is 7.15. The molecule has 5 atom stereocenters. The monoisotopic (exact) mass is 354 g/mol. The number of esters is 2. The Morgan fingerprint density at radius 2 is 1.44 bits per heavy atom. The van der Waals surface area contributed by atoms with Crippen molar-refractivity contribution >= 4 is 11.9 Å². The molecule has 0 radical (unpaired) electrons. The summed E-state index contributed by atoms with van der Waals surface area (Å²) in [4.78, 5) is 23.8. The molecule has 25 heavy (non-hydrogen) atoms. The molecule has 5 unspecified atom stereocenters. The molecule has 0 amide bonds. The third-order valence-corrected chi connectivity index (χ3v) is 5.60. The first-order valence-corrected chi connectivity index (χ1v) is 9.94. The molecule has 0 aromatic heterocycles. The highest BCUT2D eigenvalue weighted by atomic mass is 16.6. The van der Waals surface area contributed by atoms with Gasteiger partial charge in [-0.15, -0.1) is 0 Å². The minimum absolute atomic E-state index is 0.0168.